The van der Waals surface area contributed by atoms with Crippen LogP contribution >= 0.6 is 0 Å². The topological polar surface area (TPSA) is 83.0 Å². The number of allylic oxidation sites excluding steroid dienone is 1. The van der Waals surface area contributed by atoms with Crippen LogP contribution in [0.5, 0.6) is 0 Å². The van der Waals surface area contributed by atoms with Crippen LogP contribution in [0.1, 0.15) is 55.5 Å². The van der Waals surface area contributed by atoms with E-state index in [-0.39, 0.29) is 12.1 Å². The third kappa shape index (κ3) is 5.11. The average Bonchev–Trinajstić information content (AvgIpc) is 3.38. The number of carbonyl (C=O) groups is 2. The summed E-state index contributed by atoms with van der Waals surface area (Å²) in [6.07, 6.45) is 1.51. The van der Waals surface area contributed by atoms with E-state index in [0.717, 1.165) is 35.4 Å². The van der Waals surface area contributed by atoms with Crippen LogP contribution in [0.3, 0.4) is 0 Å². The number of hydrazone groups is 1. The summed E-state index contributed by atoms with van der Waals surface area (Å²) in [4.78, 5) is 25.1. The van der Waals surface area contributed by atoms with E-state index in [9.17, 15) is 9.59 Å². The Labute approximate surface area is 216 Å². The van der Waals surface area contributed by atoms with Crippen molar-refractivity contribution in [2.75, 3.05) is 11.6 Å². The van der Waals surface area contributed by atoms with Crippen LogP contribution in [0.4, 0.5) is 10.5 Å². The zero-order valence-corrected chi connectivity index (χ0v) is 21.0. The maximum Gasteiger partial charge on any atom is 0.338 e. The number of anilines is 1. The van der Waals surface area contributed by atoms with E-state index >= 15 is 0 Å². The van der Waals surface area contributed by atoms with Crippen LogP contribution in [-0.2, 0) is 9.53 Å². The molecule has 0 spiro atoms. The Morgan fingerprint density at radius 2 is 1.65 bits per heavy atom. The monoisotopic (exact) mass is 494 g/mol. The van der Waals surface area contributed by atoms with Gasteiger partial charge in [0.05, 0.1) is 35.7 Å². The molecule has 2 N–H and O–H groups in total. The van der Waals surface area contributed by atoms with E-state index in [0.29, 0.717) is 17.9 Å². The molecular formula is C30H30N4O3. The summed E-state index contributed by atoms with van der Waals surface area (Å²) < 4.78 is 5.40. The first-order valence-corrected chi connectivity index (χ1v) is 12.6. The maximum absolute atomic E-state index is 12.8. The molecule has 0 saturated carbocycles. The molecule has 188 valence electrons. The SMILES string of the molecule is CCCOC(=O)C1=C(C)NC(=O)NC1c1ccc(N2N=C(c3ccccc3)CC2c2ccccc2)cc1. The summed E-state index contributed by atoms with van der Waals surface area (Å²) in [6, 6.07) is 27.5. The van der Waals surface area contributed by atoms with Gasteiger partial charge in [0, 0.05) is 12.1 Å². The van der Waals surface area contributed by atoms with Gasteiger partial charge in [-0.1, -0.05) is 79.7 Å². The molecule has 3 aromatic carbocycles. The van der Waals surface area contributed by atoms with Gasteiger partial charge in [0.25, 0.3) is 0 Å². The number of rotatable bonds is 7. The molecule has 2 aliphatic heterocycles. The molecule has 0 radical (unpaired) electrons. The normalized spacial score (nSPS) is 19.2. The first-order chi connectivity index (χ1) is 18.0. The number of hydrogen-bond acceptors (Lipinski definition) is 5. The number of carbonyl (C=O) groups excluding carboxylic acids is 2. The van der Waals surface area contributed by atoms with Crippen molar-refractivity contribution in [3.05, 3.63) is 113 Å². The van der Waals surface area contributed by atoms with Gasteiger partial charge in [-0.3, -0.25) is 5.01 Å². The predicted octanol–water partition coefficient (Wildman–Crippen LogP) is 5.62. The zero-order valence-electron chi connectivity index (χ0n) is 21.0. The molecule has 0 fully saturated rings. The van der Waals surface area contributed by atoms with Gasteiger partial charge in [-0.05, 0) is 42.2 Å². The summed E-state index contributed by atoms with van der Waals surface area (Å²) in [5, 5.41) is 12.6. The number of nitrogens with zero attached hydrogens (tertiary/aromatic N) is 2. The Bertz CT molecular complexity index is 1330. The van der Waals surface area contributed by atoms with Crippen molar-refractivity contribution in [2.24, 2.45) is 5.10 Å². The molecule has 2 amide bonds. The van der Waals surface area contributed by atoms with E-state index in [4.69, 9.17) is 9.84 Å². The van der Waals surface area contributed by atoms with Gasteiger partial charge >= 0.3 is 12.0 Å². The Morgan fingerprint density at radius 3 is 2.32 bits per heavy atom. The van der Waals surface area contributed by atoms with E-state index in [2.05, 4.69) is 39.9 Å². The summed E-state index contributed by atoms with van der Waals surface area (Å²) in [5.41, 5.74) is 5.96. The number of benzene rings is 3. The highest BCUT2D eigenvalue weighted by Crippen LogP contribution is 2.37. The van der Waals surface area contributed by atoms with Crippen molar-refractivity contribution in [2.45, 2.75) is 38.8 Å². The second-order valence-corrected chi connectivity index (χ2v) is 9.19. The van der Waals surface area contributed by atoms with E-state index in [1.165, 1.54) is 5.56 Å². The van der Waals surface area contributed by atoms with Crippen LogP contribution in [0, 0.1) is 0 Å². The van der Waals surface area contributed by atoms with E-state index in [1.807, 2.05) is 67.6 Å². The molecule has 37 heavy (non-hydrogen) atoms. The summed E-state index contributed by atoms with van der Waals surface area (Å²) >= 11 is 0. The van der Waals surface area contributed by atoms with Crippen LogP contribution < -0.4 is 15.6 Å². The van der Waals surface area contributed by atoms with Crippen molar-refractivity contribution in [1.82, 2.24) is 10.6 Å². The van der Waals surface area contributed by atoms with Crippen molar-refractivity contribution in [1.29, 1.82) is 0 Å². The molecule has 2 atom stereocenters. The van der Waals surface area contributed by atoms with Gasteiger partial charge in [0.2, 0.25) is 0 Å². The fourth-order valence-corrected chi connectivity index (χ4v) is 4.79. The average molecular weight is 495 g/mol. The van der Waals surface area contributed by atoms with Crippen molar-refractivity contribution >= 4 is 23.4 Å². The highest BCUT2D eigenvalue weighted by Gasteiger charge is 2.33. The number of urea groups is 1. The largest absolute Gasteiger partial charge is 0.462 e. The standard InChI is InChI=1S/C30H30N4O3/c1-3-18-37-29(35)27-20(2)31-30(36)32-28(27)23-14-16-24(17-15-23)34-26(22-12-8-5-9-13-22)19-25(33-34)21-10-6-4-7-11-21/h4-17,26,28H,3,18-19H2,1-2H3,(H2,31,32,36). The number of hydrogen-bond donors (Lipinski definition) is 2. The van der Waals surface area contributed by atoms with E-state index in [1.54, 1.807) is 6.92 Å². The highest BCUT2D eigenvalue weighted by atomic mass is 16.5. The van der Waals surface area contributed by atoms with Gasteiger partial charge < -0.3 is 15.4 Å². The van der Waals surface area contributed by atoms with Crippen LogP contribution in [0.15, 0.2) is 101 Å². The number of esters is 1. The predicted molar refractivity (Wildman–Crippen MR) is 144 cm³/mol. The minimum absolute atomic E-state index is 0.0579. The molecule has 0 aliphatic carbocycles. The lowest BCUT2D eigenvalue weighted by atomic mass is 9.95. The Hall–Kier alpha value is -4.39. The quantitative estimate of drug-likeness (QED) is 0.418. The van der Waals surface area contributed by atoms with Crippen LogP contribution in [-0.4, -0.2) is 24.3 Å². The van der Waals surface area contributed by atoms with Crippen molar-refractivity contribution in [3.8, 4) is 0 Å². The van der Waals surface area contributed by atoms with Crippen LogP contribution in [0.2, 0.25) is 0 Å². The molecule has 3 aromatic rings. The van der Waals surface area contributed by atoms with Crippen molar-refractivity contribution in [3.63, 3.8) is 0 Å². The van der Waals surface area contributed by atoms with Gasteiger partial charge in [-0.2, -0.15) is 5.10 Å². The Kier molecular flexibility index (Phi) is 7.03. The maximum atomic E-state index is 12.8. The van der Waals surface area contributed by atoms with Crippen molar-refractivity contribution < 1.29 is 14.3 Å². The van der Waals surface area contributed by atoms with Gasteiger partial charge in [0.1, 0.15) is 0 Å². The smallest absolute Gasteiger partial charge is 0.338 e. The lowest BCUT2D eigenvalue weighted by Crippen LogP contribution is -2.45. The molecule has 2 heterocycles. The first-order valence-electron chi connectivity index (χ1n) is 12.6. The molecule has 2 aliphatic rings. The molecule has 5 rings (SSSR count). The molecule has 7 heteroatoms. The van der Waals surface area contributed by atoms with Crippen LogP contribution in [0.25, 0.3) is 0 Å². The summed E-state index contributed by atoms with van der Waals surface area (Å²) in [5.74, 6) is -0.429. The number of ether oxygens (including phenoxy) is 1. The molecular weight excluding hydrogens is 464 g/mol. The number of amides is 2. The van der Waals surface area contributed by atoms with E-state index < -0.39 is 12.0 Å². The highest BCUT2D eigenvalue weighted by molar-refractivity contribution is 6.03. The second-order valence-electron chi connectivity index (χ2n) is 9.19. The minimum Gasteiger partial charge on any atom is -0.462 e. The van der Waals surface area contributed by atoms with Gasteiger partial charge in [0.15, 0.2) is 0 Å². The number of nitrogens with one attached hydrogen (secondary N) is 2. The van der Waals surface area contributed by atoms with Gasteiger partial charge in [-0.25, -0.2) is 9.59 Å². The lowest BCUT2D eigenvalue weighted by molar-refractivity contribution is -0.139. The fourth-order valence-electron chi connectivity index (χ4n) is 4.79. The summed E-state index contributed by atoms with van der Waals surface area (Å²) in [7, 11) is 0. The molecule has 0 saturated heterocycles. The third-order valence-electron chi connectivity index (χ3n) is 6.62. The molecule has 0 aromatic heterocycles. The fraction of sp³-hybridized carbons (Fsp3) is 0.233. The Balaban J connectivity index is 1.47. The first kappa shape index (κ1) is 24.3. The molecule has 2 unspecified atom stereocenters. The zero-order chi connectivity index (χ0) is 25.8. The molecule has 0 bridgehead atoms. The minimum atomic E-state index is -0.598. The van der Waals surface area contributed by atoms with Gasteiger partial charge in [-0.15, -0.1) is 0 Å². The second kappa shape index (κ2) is 10.7. The molecule has 7 nitrogen and oxygen atoms in total. The third-order valence-corrected chi connectivity index (χ3v) is 6.62. The summed E-state index contributed by atoms with van der Waals surface area (Å²) in [6.45, 7) is 3.99. The Morgan fingerprint density at radius 1 is 0.973 bits per heavy atom. The lowest BCUT2D eigenvalue weighted by Gasteiger charge is -2.29.